The molecule has 1 atom stereocenters. The number of fused-ring (bicyclic) bond motifs is 1. The fourth-order valence-corrected chi connectivity index (χ4v) is 3.42. The number of ketones is 1. The number of hydrogen-bond donors (Lipinski definition) is 1. The maximum atomic E-state index is 13.3. The van der Waals surface area contributed by atoms with E-state index in [2.05, 4.69) is 5.16 Å². The van der Waals surface area contributed by atoms with Gasteiger partial charge in [0.25, 0.3) is 0 Å². The van der Waals surface area contributed by atoms with Gasteiger partial charge >= 0.3 is 0 Å². The van der Waals surface area contributed by atoms with Crippen molar-refractivity contribution in [1.82, 2.24) is 0 Å². The Kier molecular flexibility index (Phi) is 5.11. The molecule has 1 aliphatic carbocycles. The molecule has 0 spiro atoms. The molecule has 0 fully saturated rings. The van der Waals surface area contributed by atoms with Gasteiger partial charge in [-0.05, 0) is 36.1 Å². The molecule has 0 aromatic heterocycles. The second kappa shape index (κ2) is 7.47. The van der Waals surface area contributed by atoms with Gasteiger partial charge in [-0.25, -0.2) is 0 Å². The smallest absolute Gasteiger partial charge is 0.203 e. The standard InChI is InChI=1S/C20H21NO5/c1-24-16-10-13(11-17(25-2)20(16)26-3)19(22)18-14-7-5-4-6-12(14)8-9-15(18)21-23/h4-7,10-11,18,23H,8-9H2,1-3H3/b21-15-. The minimum atomic E-state index is -0.632. The number of carbonyl (C=O) groups excluding carboxylic acids is 1. The summed E-state index contributed by atoms with van der Waals surface area (Å²) in [5, 5.41) is 12.8. The van der Waals surface area contributed by atoms with E-state index in [-0.39, 0.29) is 5.78 Å². The van der Waals surface area contributed by atoms with E-state index in [1.165, 1.54) is 21.3 Å². The van der Waals surface area contributed by atoms with Crippen LogP contribution in [0.3, 0.4) is 0 Å². The van der Waals surface area contributed by atoms with Gasteiger partial charge in [0, 0.05) is 5.56 Å². The van der Waals surface area contributed by atoms with Crippen LogP contribution in [0, 0.1) is 0 Å². The number of carbonyl (C=O) groups is 1. The molecule has 26 heavy (non-hydrogen) atoms. The minimum Gasteiger partial charge on any atom is -0.493 e. The molecule has 0 amide bonds. The molecule has 0 bridgehead atoms. The van der Waals surface area contributed by atoms with Crippen molar-refractivity contribution >= 4 is 11.5 Å². The lowest BCUT2D eigenvalue weighted by Gasteiger charge is -2.26. The van der Waals surface area contributed by atoms with E-state index in [0.29, 0.717) is 34.9 Å². The second-order valence-corrected chi connectivity index (χ2v) is 6.00. The molecule has 136 valence electrons. The van der Waals surface area contributed by atoms with Crippen LogP contribution in [0.25, 0.3) is 0 Å². The summed E-state index contributed by atoms with van der Waals surface area (Å²) in [6, 6.07) is 11.0. The van der Waals surface area contributed by atoms with Gasteiger partial charge in [-0.15, -0.1) is 0 Å². The predicted octanol–water partition coefficient (Wildman–Crippen LogP) is 3.46. The third kappa shape index (κ3) is 2.98. The third-order valence-electron chi connectivity index (χ3n) is 4.69. The molecule has 1 aliphatic rings. The normalized spacial score (nSPS) is 17.5. The zero-order valence-electron chi connectivity index (χ0n) is 15.0. The summed E-state index contributed by atoms with van der Waals surface area (Å²) in [6.45, 7) is 0. The van der Waals surface area contributed by atoms with Crippen molar-refractivity contribution < 1.29 is 24.2 Å². The first-order valence-electron chi connectivity index (χ1n) is 8.27. The van der Waals surface area contributed by atoms with Gasteiger partial charge in [0.05, 0.1) is 33.0 Å². The fraction of sp³-hybridized carbons (Fsp3) is 0.300. The van der Waals surface area contributed by atoms with Crippen molar-refractivity contribution in [1.29, 1.82) is 0 Å². The van der Waals surface area contributed by atoms with Gasteiger partial charge in [0.2, 0.25) is 5.75 Å². The molecule has 6 heteroatoms. The van der Waals surface area contributed by atoms with Gasteiger partial charge in [0.1, 0.15) is 0 Å². The monoisotopic (exact) mass is 355 g/mol. The van der Waals surface area contributed by atoms with Gasteiger partial charge in [0.15, 0.2) is 17.3 Å². The van der Waals surface area contributed by atoms with Crippen LogP contribution in [0.1, 0.15) is 33.8 Å². The first kappa shape index (κ1) is 17.8. The number of oxime groups is 1. The van der Waals surface area contributed by atoms with E-state index in [1.54, 1.807) is 12.1 Å². The van der Waals surface area contributed by atoms with Crippen LogP contribution in [0.5, 0.6) is 17.2 Å². The number of aryl methyl sites for hydroxylation is 1. The molecule has 1 N–H and O–H groups in total. The van der Waals surface area contributed by atoms with Crippen molar-refractivity contribution in [3.63, 3.8) is 0 Å². The number of Topliss-reactive ketones (excluding diaryl/α,β-unsaturated/α-hetero) is 1. The second-order valence-electron chi connectivity index (χ2n) is 6.00. The maximum Gasteiger partial charge on any atom is 0.203 e. The van der Waals surface area contributed by atoms with Gasteiger partial charge in [-0.2, -0.15) is 0 Å². The van der Waals surface area contributed by atoms with E-state index >= 15 is 0 Å². The predicted molar refractivity (Wildman–Crippen MR) is 97.2 cm³/mol. The lowest BCUT2D eigenvalue weighted by atomic mass is 9.77. The van der Waals surface area contributed by atoms with E-state index in [0.717, 1.165) is 17.5 Å². The quantitative estimate of drug-likeness (QED) is 0.505. The highest BCUT2D eigenvalue weighted by Gasteiger charge is 2.33. The molecule has 0 aliphatic heterocycles. The molecule has 0 saturated heterocycles. The number of ether oxygens (including phenoxy) is 3. The fourth-order valence-electron chi connectivity index (χ4n) is 3.42. The number of hydrogen-bond acceptors (Lipinski definition) is 6. The lowest BCUT2D eigenvalue weighted by Crippen LogP contribution is -2.28. The maximum absolute atomic E-state index is 13.3. The van der Waals surface area contributed by atoms with Crippen molar-refractivity contribution in [3.8, 4) is 17.2 Å². The summed E-state index contributed by atoms with van der Waals surface area (Å²) in [6.07, 6.45) is 1.28. The Morgan fingerprint density at radius 3 is 2.27 bits per heavy atom. The van der Waals surface area contributed by atoms with Crippen LogP contribution in [-0.2, 0) is 6.42 Å². The van der Waals surface area contributed by atoms with Crippen LogP contribution in [0.2, 0.25) is 0 Å². The number of nitrogens with zero attached hydrogens (tertiary/aromatic N) is 1. The molecule has 2 aromatic carbocycles. The molecule has 1 unspecified atom stereocenters. The Morgan fingerprint density at radius 1 is 1.04 bits per heavy atom. The molecule has 0 saturated carbocycles. The van der Waals surface area contributed by atoms with E-state index in [1.807, 2.05) is 24.3 Å². The first-order valence-corrected chi connectivity index (χ1v) is 8.27. The van der Waals surface area contributed by atoms with Crippen LogP contribution in [0.4, 0.5) is 0 Å². The number of benzene rings is 2. The zero-order valence-corrected chi connectivity index (χ0v) is 15.0. The van der Waals surface area contributed by atoms with Gasteiger partial charge in [-0.1, -0.05) is 29.4 Å². The highest BCUT2D eigenvalue weighted by atomic mass is 16.5. The Labute approximate surface area is 152 Å². The van der Waals surface area contributed by atoms with Crippen LogP contribution in [-0.4, -0.2) is 38.0 Å². The summed E-state index contributed by atoms with van der Waals surface area (Å²) in [7, 11) is 4.51. The molecule has 0 radical (unpaired) electrons. The Bertz CT molecular complexity index is 834. The topological polar surface area (TPSA) is 77.4 Å². The molecule has 0 heterocycles. The zero-order chi connectivity index (χ0) is 18.7. The van der Waals surface area contributed by atoms with Crippen molar-refractivity contribution in [2.75, 3.05) is 21.3 Å². The van der Waals surface area contributed by atoms with Gasteiger partial charge in [-0.3, -0.25) is 4.79 Å². The molecular weight excluding hydrogens is 334 g/mol. The average molecular weight is 355 g/mol. The van der Waals surface area contributed by atoms with E-state index in [9.17, 15) is 10.0 Å². The SMILES string of the molecule is COc1cc(C(=O)C2/C(=N\O)CCc3ccccc32)cc(OC)c1OC. The minimum absolute atomic E-state index is 0.177. The van der Waals surface area contributed by atoms with Crippen molar-refractivity contribution in [3.05, 3.63) is 53.1 Å². The first-order chi connectivity index (χ1) is 12.6. The Balaban J connectivity index is 2.11. The third-order valence-corrected chi connectivity index (χ3v) is 4.69. The Hall–Kier alpha value is -3.02. The molecule has 3 rings (SSSR count). The summed E-state index contributed by atoms with van der Waals surface area (Å²) in [4.78, 5) is 13.3. The molecule has 6 nitrogen and oxygen atoms in total. The summed E-state index contributed by atoms with van der Waals surface area (Å²) >= 11 is 0. The van der Waals surface area contributed by atoms with Crippen molar-refractivity contribution in [2.45, 2.75) is 18.8 Å². The average Bonchev–Trinajstić information content (AvgIpc) is 2.70. The van der Waals surface area contributed by atoms with E-state index < -0.39 is 5.92 Å². The van der Waals surface area contributed by atoms with Crippen LogP contribution in [0.15, 0.2) is 41.6 Å². The lowest BCUT2D eigenvalue weighted by molar-refractivity contribution is 0.0978. The van der Waals surface area contributed by atoms with Gasteiger partial charge < -0.3 is 19.4 Å². The molecule has 2 aromatic rings. The van der Waals surface area contributed by atoms with E-state index in [4.69, 9.17) is 14.2 Å². The summed E-state index contributed by atoms with van der Waals surface area (Å²) in [5.74, 6) is 0.423. The summed E-state index contributed by atoms with van der Waals surface area (Å²) < 4.78 is 16.0. The number of methoxy groups -OCH3 is 3. The largest absolute Gasteiger partial charge is 0.493 e. The molecular formula is C20H21NO5. The number of rotatable bonds is 5. The van der Waals surface area contributed by atoms with Crippen molar-refractivity contribution in [2.24, 2.45) is 5.16 Å². The Morgan fingerprint density at radius 2 is 1.69 bits per heavy atom. The highest BCUT2D eigenvalue weighted by molar-refractivity contribution is 6.17. The van der Waals surface area contributed by atoms with Crippen LogP contribution >= 0.6 is 0 Å². The summed E-state index contributed by atoms with van der Waals surface area (Å²) in [5.41, 5.74) is 2.82. The van der Waals surface area contributed by atoms with Crippen LogP contribution < -0.4 is 14.2 Å². The highest BCUT2D eigenvalue weighted by Crippen LogP contribution is 2.40.